The van der Waals surface area contributed by atoms with Gasteiger partial charge in [0.15, 0.2) is 0 Å². The zero-order valence-corrected chi connectivity index (χ0v) is 16.1. The lowest BCUT2D eigenvalue weighted by molar-refractivity contribution is -0.137. The molecule has 0 amide bonds. The molecule has 142 valence electrons. The number of rotatable bonds is 11. The van der Waals surface area contributed by atoms with Crippen molar-refractivity contribution in [3.8, 4) is 16.9 Å². The molecule has 3 nitrogen and oxygen atoms in total. The molecule has 0 saturated heterocycles. The van der Waals surface area contributed by atoms with Gasteiger partial charge in [-0.3, -0.25) is 0 Å². The molecule has 3 heteroatoms. The predicted molar refractivity (Wildman–Crippen MR) is 112 cm³/mol. The Morgan fingerprint density at radius 2 is 1.59 bits per heavy atom. The van der Waals surface area contributed by atoms with Crippen LogP contribution in [0.5, 0.6) is 5.75 Å². The second kappa shape index (κ2) is 11.0. The Kier molecular flexibility index (Phi) is 8.37. The van der Waals surface area contributed by atoms with Crippen LogP contribution in [0.1, 0.15) is 36.8 Å². The van der Waals surface area contributed by atoms with Gasteiger partial charge in [-0.1, -0.05) is 43.5 Å². The molecule has 2 rings (SSSR count). The van der Waals surface area contributed by atoms with Gasteiger partial charge in [0.2, 0.25) is 0 Å². The van der Waals surface area contributed by atoms with Gasteiger partial charge in [0.25, 0.3) is 0 Å². The minimum atomic E-state index is -0.354. The van der Waals surface area contributed by atoms with Gasteiger partial charge < -0.3 is 9.47 Å². The fourth-order valence-electron chi connectivity index (χ4n) is 2.76. The Bertz CT molecular complexity index is 760. The van der Waals surface area contributed by atoms with Gasteiger partial charge in [0.1, 0.15) is 5.75 Å². The lowest BCUT2D eigenvalue weighted by Gasteiger charge is -2.09. The summed E-state index contributed by atoms with van der Waals surface area (Å²) in [5, 5.41) is 0. The summed E-state index contributed by atoms with van der Waals surface area (Å²) >= 11 is 0. The quantitative estimate of drug-likeness (QED) is 0.280. The van der Waals surface area contributed by atoms with Crippen molar-refractivity contribution in [3.63, 3.8) is 0 Å². The van der Waals surface area contributed by atoms with E-state index in [4.69, 9.17) is 9.47 Å². The van der Waals surface area contributed by atoms with E-state index in [9.17, 15) is 4.79 Å². The van der Waals surface area contributed by atoms with E-state index >= 15 is 0 Å². The van der Waals surface area contributed by atoms with E-state index in [-0.39, 0.29) is 5.97 Å². The standard InChI is InChI=1S/C24H28O3/c1-4-20-18-22(11-10-19(20)3)21-12-14-23(15-13-21)26-16-8-6-7-9-17-27-24(25)5-2/h4-5,10-15,18H,1-2,6-9,16-17H2,3H3. The van der Waals surface area contributed by atoms with Crippen molar-refractivity contribution in [3.05, 3.63) is 72.8 Å². The molecule has 0 aliphatic heterocycles. The SMILES string of the molecule is C=CC(=O)OCCCCCCOc1ccc(-c2ccc(C)c(C=C)c2)cc1. The average molecular weight is 364 g/mol. The lowest BCUT2D eigenvalue weighted by Crippen LogP contribution is -2.02. The molecule has 0 radical (unpaired) electrons. The Balaban J connectivity index is 1.71. The van der Waals surface area contributed by atoms with Crippen LogP contribution in [-0.2, 0) is 9.53 Å². The highest BCUT2D eigenvalue weighted by Gasteiger charge is 2.02. The third-order valence-corrected chi connectivity index (χ3v) is 4.41. The minimum Gasteiger partial charge on any atom is -0.494 e. The summed E-state index contributed by atoms with van der Waals surface area (Å²) in [6.45, 7) is 10.5. The van der Waals surface area contributed by atoms with Crippen LogP contribution in [0.2, 0.25) is 0 Å². The third-order valence-electron chi connectivity index (χ3n) is 4.41. The smallest absolute Gasteiger partial charge is 0.330 e. The van der Waals surface area contributed by atoms with Crippen LogP contribution in [0.25, 0.3) is 17.2 Å². The number of carbonyl (C=O) groups is 1. The summed E-state index contributed by atoms with van der Waals surface area (Å²) in [7, 11) is 0. The second-order valence-electron chi connectivity index (χ2n) is 6.43. The molecule has 0 N–H and O–H groups in total. The fourth-order valence-corrected chi connectivity index (χ4v) is 2.76. The molecule has 0 spiro atoms. The van der Waals surface area contributed by atoms with E-state index in [1.54, 1.807) is 0 Å². The Morgan fingerprint density at radius 1 is 0.926 bits per heavy atom. The Hall–Kier alpha value is -2.81. The largest absolute Gasteiger partial charge is 0.494 e. The van der Waals surface area contributed by atoms with Crippen molar-refractivity contribution in [2.24, 2.45) is 0 Å². The number of ether oxygens (including phenoxy) is 2. The maximum atomic E-state index is 10.9. The summed E-state index contributed by atoms with van der Waals surface area (Å²) in [6.07, 6.45) is 7.01. The predicted octanol–water partition coefficient (Wildman–Crippen LogP) is 5.97. The first kappa shape index (κ1) is 20.5. The highest BCUT2D eigenvalue weighted by Crippen LogP contribution is 2.25. The molecule has 0 aromatic heterocycles. The van der Waals surface area contributed by atoms with Crippen LogP contribution in [0.3, 0.4) is 0 Å². The maximum Gasteiger partial charge on any atom is 0.330 e. The van der Waals surface area contributed by atoms with Crippen LogP contribution in [-0.4, -0.2) is 19.2 Å². The summed E-state index contributed by atoms with van der Waals surface area (Å²) in [5.41, 5.74) is 4.73. The van der Waals surface area contributed by atoms with Crippen molar-refractivity contribution < 1.29 is 14.3 Å². The number of benzene rings is 2. The first-order chi connectivity index (χ1) is 13.1. The van der Waals surface area contributed by atoms with E-state index in [0.717, 1.165) is 37.0 Å². The van der Waals surface area contributed by atoms with Crippen LogP contribution < -0.4 is 4.74 Å². The molecule has 0 aliphatic rings. The monoisotopic (exact) mass is 364 g/mol. The van der Waals surface area contributed by atoms with Gasteiger partial charge in [-0.2, -0.15) is 0 Å². The van der Waals surface area contributed by atoms with Crippen LogP contribution in [0.4, 0.5) is 0 Å². The summed E-state index contributed by atoms with van der Waals surface area (Å²) < 4.78 is 10.8. The highest BCUT2D eigenvalue weighted by atomic mass is 16.5. The molecule has 2 aromatic rings. The van der Waals surface area contributed by atoms with Gasteiger partial charge in [0.05, 0.1) is 13.2 Å². The summed E-state index contributed by atoms with van der Waals surface area (Å²) in [4.78, 5) is 10.9. The molecule has 0 saturated carbocycles. The lowest BCUT2D eigenvalue weighted by atomic mass is 10.00. The zero-order valence-electron chi connectivity index (χ0n) is 16.1. The van der Waals surface area contributed by atoms with E-state index < -0.39 is 0 Å². The Morgan fingerprint density at radius 3 is 2.26 bits per heavy atom. The average Bonchev–Trinajstić information content (AvgIpc) is 2.70. The van der Waals surface area contributed by atoms with Crippen molar-refractivity contribution in [1.82, 2.24) is 0 Å². The normalized spacial score (nSPS) is 10.3. The van der Waals surface area contributed by atoms with Crippen LogP contribution in [0, 0.1) is 6.92 Å². The number of hydrogen-bond donors (Lipinski definition) is 0. The topological polar surface area (TPSA) is 35.5 Å². The van der Waals surface area contributed by atoms with Gasteiger partial charge >= 0.3 is 5.97 Å². The molecule has 0 fully saturated rings. The van der Waals surface area contributed by atoms with Crippen molar-refractivity contribution >= 4 is 12.0 Å². The van der Waals surface area contributed by atoms with Crippen LogP contribution in [0.15, 0.2) is 61.7 Å². The number of carbonyl (C=O) groups excluding carboxylic acids is 1. The highest BCUT2D eigenvalue weighted by molar-refractivity contribution is 5.81. The summed E-state index contributed by atoms with van der Waals surface area (Å²) in [6, 6.07) is 14.6. The minimum absolute atomic E-state index is 0.354. The van der Waals surface area contributed by atoms with Gasteiger partial charge in [-0.15, -0.1) is 0 Å². The molecular formula is C24H28O3. The second-order valence-corrected chi connectivity index (χ2v) is 6.43. The molecule has 0 atom stereocenters. The number of unbranched alkanes of at least 4 members (excludes halogenated alkanes) is 3. The number of aryl methyl sites for hydroxylation is 1. The van der Waals surface area contributed by atoms with E-state index in [1.165, 1.54) is 22.8 Å². The maximum absolute atomic E-state index is 10.9. The van der Waals surface area contributed by atoms with Crippen molar-refractivity contribution in [2.45, 2.75) is 32.6 Å². The fraction of sp³-hybridized carbons (Fsp3) is 0.292. The summed E-state index contributed by atoms with van der Waals surface area (Å²) in [5.74, 6) is 0.530. The van der Waals surface area contributed by atoms with Crippen LogP contribution >= 0.6 is 0 Å². The van der Waals surface area contributed by atoms with E-state index in [2.05, 4.69) is 50.4 Å². The third kappa shape index (κ3) is 6.78. The molecule has 0 heterocycles. The van der Waals surface area contributed by atoms with Gasteiger partial charge in [0, 0.05) is 6.08 Å². The molecule has 0 aliphatic carbocycles. The molecule has 0 bridgehead atoms. The van der Waals surface area contributed by atoms with E-state index in [1.807, 2.05) is 18.2 Å². The zero-order chi connectivity index (χ0) is 19.5. The van der Waals surface area contributed by atoms with Crippen molar-refractivity contribution in [1.29, 1.82) is 0 Å². The molecule has 2 aromatic carbocycles. The first-order valence-corrected chi connectivity index (χ1v) is 9.39. The molecule has 0 unspecified atom stereocenters. The number of esters is 1. The van der Waals surface area contributed by atoms with Gasteiger partial charge in [-0.25, -0.2) is 4.79 Å². The van der Waals surface area contributed by atoms with Gasteiger partial charge in [-0.05, 0) is 73.1 Å². The molecular weight excluding hydrogens is 336 g/mol. The molecule has 27 heavy (non-hydrogen) atoms. The Labute approximate surface area is 162 Å². The van der Waals surface area contributed by atoms with Crippen molar-refractivity contribution in [2.75, 3.05) is 13.2 Å². The first-order valence-electron chi connectivity index (χ1n) is 9.39. The van der Waals surface area contributed by atoms with E-state index in [0.29, 0.717) is 13.2 Å². The number of hydrogen-bond acceptors (Lipinski definition) is 3.